The molecule has 3 rings (SSSR count). The van der Waals surface area contributed by atoms with Gasteiger partial charge < -0.3 is 10.2 Å². The monoisotopic (exact) mass is 420 g/mol. The van der Waals surface area contributed by atoms with Gasteiger partial charge in [0, 0.05) is 34.3 Å². The number of hydrogen-bond acceptors (Lipinski definition) is 4. The molecule has 0 amide bonds. The Kier molecular flexibility index (Phi) is 8.59. The van der Waals surface area contributed by atoms with Crippen LogP contribution in [-0.4, -0.2) is 18.8 Å². The number of fused-ring (bicyclic) bond motifs is 1. The fourth-order valence-electron chi connectivity index (χ4n) is 3.03. The van der Waals surface area contributed by atoms with E-state index in [2.05, 4.69) is 115 Å². The van der Waals surface area contributed by atoms with Gasteiger partial charge in [0.15, 0.2) is 0 Å². The molecule has 0 fully saturated rings. The molecule has 0 spiro atoms. The van der Waals surface area contributed by atoms with Crippen LogP contribution in [-0.2, 0) is 0 Å². The first-order valence-electron chi connectivity index (χ1n) is 10.0. The van der Waals surface area contributed by atoms with E-state index < -0.39 is 0 Å². The third kappa shape index (κ3) is 6.09. The van der Waals surface area contributed by atoms with Gasteiger partial charge in [0.1, 0.15) is 0 Å². The van der Waals surface area contributed by atoms with Gasteiger partial charge in [-0.1, -0.05) is 72.5 Å². The second-order valence-electron chi connectivity index (χ2n) is 6.35. The molecule has 0 bridgehead atoms. The van der Waals surface area contributed by atoms with Crippen molar-refractivity contribution in [2.45, 2.75) is 23.6 Å². The van der Waals surface area contributed by atoms with Crippen LogP contribution in [0.25, 0.3) is 0 Å². The summed E-state index contributed by atoms with van der Waals surface area (Å²) in [4.78, 5) is 4.99. The first-order chi connectivity index (χ1) is 14.3. The van der Waals surface area contributed by atoms with Crippen LogP contribution in [0.2, 0.25) is 0 Å². The van der Waals surface area contributed by atoms with Crippen LogP contribution in [0.4, 0.5) is 11.4 Å². The molecule has 0 unspecified atom stereocenters. The van der Waals surface area contributed by atoms with Crippen molar-refractivity contribution in [2.24, 2.45) is 0 Å². The molecular formula is C25H28N2S2. The number of thioether (sulfide) groups is 2. The molecule has 1 aliphatic heterocycles. The number of allylic oxidation sites excluding steroid dienone is 6. The quantitative estimate of drug-likeness (QED) is 0.337. The lowest BCUT2D eigenvalue weighted by Crippen LogP contribution is -2.16. The van der Waals surface area contributed by atoms with Crippen molar-refractivity contribution in [1.82, 2.24) is 0 Å². The van der Waals surface area contributed by atoms with E-state index in [0.29, 0.717) is 0 Å². The predicted octanol–water partition coefficient (Wildman–Crippen LogP) is 7.35. The second kappa shape index (κ2) is 11.6. The van der Waals surface area contributed by atoms with Crippen molar-refractivity contribution in [3.05, 3.63) is 96.1 Å². The Hall–Kier alpha value is -2.30. The van der Waals surface area contributed by atoms with Gasteiger partial charge in [-0.2, -0.15) is 0 Å². The maximum atomic E-state index is 3.41. The molecule has 0 radical (unpaired) electrons. The van der Waals surface area contributed by atoms with E-state index in [1.54, 1.807) is 0 Å². The van der Waals surface area contributed by atoms with E-state index in [9.17, 15) is 0 Å². The highest BCUT2D eigenvalue weighted by atomic mass is 32.2. The molecule has 1 aliphatic rings. The second-order valence-corrected chi connectivity index (χ2v) is 8.48. The lowest BCUT2D eigenvalue weighted by atomic mass is 10.3. The maximum absolute atomic E-state index is 3.41. The third-order valence-corrected chi connectivity index (χ3v) is 6.52. The Bertz CT molecular complexity index is 913. The first-order valence-corrected chi connectivity index (χ1v) is 11.8. The average Bonchev–Trinajstić information content (AvgIpc) is 3.11. The van der Waals surface area contributed by atoms with Crippen molar-refractivity contribution < 1.29 is 0 Å². The van der Waals surface area contributed by atoms with Gasteiger partial charge in [0.25, 0.3) is 0 Å². The third-order valence-electron chi connectivity index (χ3n) is 4.36. The first kappa shape index (κ1) is 21.4. The smallest absolute Gasteiger partial charge is 0.0801 e. The van der Waals surface area contributed by atoms with Crippen LogP contribution < -0.4 is 10.2 Å². The Morgan fingerprint density at radius 3 is 2.55 bits per heavy atom. The molecule has 0 aliphatic carbocycles. The molecule has 0 saturated carbocycles. The van der Waals surface area contributed by atoms with Crippen LogP contribution in [0.15, 0.2) is 106 Å². The van der Waals surface area contributed by atoms with Crippen molar-refractivity contribution in [1.29, 1.82) is 0 Å². The average molecular weight is 421 g/mol. The minimum atomic E-state index is 0.944. The molecule has 0 aromatic heterocycles. The zero-order valence-electron chi connectivity index (χ0n) is 17.0. The molecule has 150 valence electrons. The van der Waals surface area contributed by atoms with Crippen molar-refractivity contribution in [3.8, 4) is 0 Å². The lowest BCUT2D eigenvalue weighted by Gasteiger charge is -2.17. The van der Waals surface area contributed by atoms with Gasteiger partial charge in [-0.05, 0) is 44.2 Å². The number of benzene rings is 2. The maximum Gasteiger partial charge on any atom is 0.0801 e. The summed E-state index contributed by atoms with van der Waals surface area (Å²) in [5, 5.41) is 4.69. The normalized spacial score (nSPS) is 15.2. The number of nitrogens with one attached hydrogen (secondary N) is 1. The van der Waals surface area contributed by atoms with Crippen LogP contribution in [0.5, 0.6) is 0 Å². The lowest BCUT2D eigenvalue weighted by molar-refractivity contribution is 1.00. The van der Waals surface area contributed by atoms with Gasteiger partial charge in [0.2, 0.25) is 0 Å². The molecule has 29 heavy (non-hydrogen) atoms. The summed E-state index contributed by atoms with van der Waals surface area (Å²) in [6.07, 6.45) is 14.9. The van der Waals surface area contributed by atoms with Gasteiger partial charge in [-0.25, -0.2) is 0 Å². The summed E-state index contributed by atoms with van der Waals surface area (Å²) in [5.74, 6) is 0.959. The van der Waals surface area contributed by atoms with Gasteiger partial charge in [-0.3, -0.25) is 0 Å². The summed E-state index contributed by atoms with van der Waals surface area (Å²) < 4.78 is 0. The highest BCUT2D eigenvalue weighted by Crippen LogP contribution is 2.45. The number of nitrogens with zero attached hydrogens (tertiary/aromatic N) is 1. The minimum absolute atomic E-state index is 0.944. The molecule has 4 heteroatoms. The molecule has 1 heterocycles. The Labute approximate surface area is 183 Å². The van der Waals surface area contributed by atoms with E-state index in [-0.39, 0.29) is 0 Å². The van der Waals surface area contributed by atoms with E-state index in [0.717, 1.165) is 18.8 Å². The Morgan fingerprint density at radius 2 is 1.69 bits per heavy atom. The zero-order valence-corrected chi connectivity index (χ0v) is 18.7. The van der Waals surface area contributed by atoms with E-state index >= 15 is 0 Å². The van der Waals surface area contributed by atoms with E-state index in [4.69, 9.17) is 0 Å². The summed E-state index contributed by atoms with van der Waals surface area (Å²) in [5.41, 5.74) is 2.53. The Morgan fingerprint density at radius 1 is 0.931 bits per heavy atom. The van der Waals surface area contributed by atoms with Crippen LogP contribution in [0.3, 0.4) is 0 Å². The van der Waals surface area contributed by atoms with Gasteiger partial charge in [-0.15, -0.1) is 11.8 Å². The van der Waals surface area contributed by atoms with Crippen molar-refractivity contribution in [3.63, 3.8) is 0 Å². The topological polar surface area (TPSA) is 15.3 Å². The molecule has 1 N–H and O–H groups in total. The fraction of sp³-hybridized carbons (Fsp3) is 0.200. The SMILES string of the molecule is CCNc1ccccc1SCC=CC=CC=CC=C1Sc2ccccc2N1CC. The van der Waals surface area contributed by atoms with Crippen molar-refractivity contribution in [2.75, 3.05) is 29.1 Å². The molecule has 0 atom stereocenters. The molecular weight excluding hydrogens is 392 g/mol. The molecule has 2 nitrogen and oxygen atoms in total. The van der Waals surface area contributed by atoms with Crippen LogP contribution in [0.1, 0.15) is 13.8 Å². The van der Waals surface area contributed by atoms with E-state index in [1.165, 1.54) is 26.2 Å². The van der Waals surface area contributed by atoms with Gasteiger partial charge in [0.05, 0.1) is 10.7 Å². The summed E-state index contributed by atoms with van der Waals surface area (Å²) >= 11 is 3.69. The summed E-state index contributed by atoms with van der Waals surface area (Å²) in [6, 6.07) is 17.1. The number of rotatable bonds is 9. The summed E-state index contributed by atoms with van der Waals surface area (Å²) in [7, 11) is 0. The predicted molar refractivity (Wildman–Crippen MR) is 132 cm³/mol. The standard InChI is InChI=1S/C25H28N2S2/c1-3-26-21-15-10-12-17-23(21)28-20-14-8-6-5-7-9-19-25-27(4-2)22-16-11-13-18-24(22)29-25/h5-19,26H,3-4,20H2,1-2H3. The van der Waals surface area contributed by atoms with Crippen LogP contribution >= 0.6 is 23.5 Å². The Balaban J connectivity index is 1.46. The van der Waals surface area contributed by atoms with E-state index in [1.807, 2.05) is 23.5 Å². The molecule has 0 saturated heterocycles. The zero-order chi connectivity index (χ0) is 20.3. The number of anilines is 2. The van der Waals surface area contributed by atoms with Crippen LogP contribution in [0, 0.1) is 0 Å². The molecule has 2 aromatic carbocycles. The van der Waals surface area contributed by atoms with Crippen molar-refractivity contribution >= 4 is 34.9 Å². The summed E-state index contributed by atoms with van der Waals surface area (Å²) in [6.45, 7) is 6.25. The highest BCUT2D eigenvalue weighted by Gasteiger charge is 2.22. The number of para-hydroxylation sites is 2. The minimum Gasteiger partial charge on any atom is -0.384 e. The largest absolute Gasteiger partial charge is 0.384 e. The fourth-order valence-corrected chi connectivity index (χ4v) is 5.03. The number of hydrogen-bond donors (Lipinski definition) is 1. The highest BCUT2D eigenvalue weighted by molar-refractivity contribution is 8.03. The molecule has 2 aromatic rings. The van der Waals surface area contributed by atoms with Gasteiger partial charge >= 0.3 is 0 Å².